The lowest BCUT2D eigenvalue weighted by molar-refractivity contribution is -0.136. The number of rotatable bonds is 4. The van der Waals surface area contributed by atoms with Gasteiger partial charge in [-0.25, -0.2) is 9.50 Å². The van der Waals surface area contributed by atoms with Crippen LogP contribution in [0.5, 0.6) is 0 Å². The number of nitrogens with one attached hydrogen (secondary N) is 1. The van der Waals surface area contributed by atoms with E-state index in [1.807, 2.05) is 12.1 Å². The molecule has 0 fully saturated rings. The third-order valence-corrected chi connectivity index (χ3v) is 2.72. The summed E-state index contributed by atoms with van der Waals surface area (Å²) in [5, 5.41) is 11.7. The first kappa shape index (κ1) is 11.4. The Balaban J connectivity index is 1.87. The molecule has 0 aliphatic carbocycles. The fourth-order valence-corrected chi connectivity index (χ4v) is 1.81. The van der Waals surface area contributed by atoms with Gasteiger partial charge in [-0.15, -0.1) is 0 Å². The van der Waals surface area contributed by atoms with Gasteiger partial charge in [-0.1, -0.05) is 0 Å². The van der Waals surface area contributed by atoms with E-state index in [-0.39, 0.29) is 6.42 Å². The lowest BCUT2D eigenvalue weighted by Crippen LogP contribution is -1.97. The maximum absolute atomic E-state index is 10.5. The van der Waals surface area contributed by atoms with Gasteiger partial charge < -0.3 is 5.11 Å². The quantitative estimate of drug-likeness (QED) is 0.730. The van der Waals surface area contributed by atoms with E-state index >= 15 is 0 Å². The number of carboxylic acid groups (broad SMARTS) is 1. The Bertz CT molecular complexity index is 685. The van der Waals surface area contributed by atoms with Gasteiger partial charge in [-0.05, 0) is 12.1 Å². The van der Waals surface area contributed by atoms with E-state index in [4.69, 9.17) is 5.11 Å². The number of carbonyl (C=O) groups is 1. The number of aromatic nitrogens is 5. The number of nitrogens with zero attached hydrogens (tertiary/aromatic N) is 4. The maximum Gasteiger partial charge on any atom is 0.303 e. The third kappa shape index (κ3) is 2.30. The molecule has 3 rings (SSSR count). The van der Waals surface area contributed by atoms with Crippen LogP contribution in [-0.2, 0) is 11.2 Å². The molecule has 7 nitrogen and oxygen atoms in total. The highest BCUT2D eigenvalue weighted by molar-refractivity contribution is 5.67. The number of carboxylic acids is 1. The maximum atomic E-state index is 10.5. The summed E-state index contributed by atoms with van der Waals surface area (Å²) in [7, 11) is 0. The summed E-state index contributed by atoms with van der Waals surface area (Å²) in [6.45, 7) is 0. The zero-order valence-corrected chi connectivity index (χ0v) is 9.95. The molecule has 0 aliphatic rings. The van der Waals surface area contributed by atoms with Gasteiger partial charge in [0.25, 0.3) is 5.78 Å². The number of H-pyrrole nitrogens is 1. The molecule has 3 aromatic rings. The van der Waals surface area contributed by atoms with Crippen molar-refractivity contribution in [3.05, 3.63) is 36.4 Å². The van der Waals surface area contributed by atoms with E-state index in [2.05, 4.69) is 20.1 Å². The van der Waals surface area contributed by atoms with Crippen LogP contribution in [0.4, 0.5) is 0 Å². The first-order valence-corrected chi connectivity index (χ1v) is 5.78. The van der Waals surface area contributed by atoms with Crippen molar-refractivity contribution in [3.63, 3.8) is 0 Å². The van der Waals surface area contributed by atoms with Crippen LogP contribution in [0.3, 0.4) is 0 Å². The van der Waals surface area contributed by atoms with Crippen molar-refractivity contribution in [3.8, 4) is 11.4 Å². The van der Waals surface area contributed by atoms with Crippen molar-refractivity contribution < 1.29 is 9.90 Å². The smallest absolute Gasteiger partial charge is 0.303 e. The summed E-state index contributed by atoms with van der Waals surface area (Å²) in [5.74, 6) is 0.406. The zero-order valence-electron chi connectivity index (χ0n) is 9.95. The van der Waals surface area contributed by atoms with Crippen LogP contribution in [0.1, 0.15) is 12.1 Å². The molecule has 3 heterocycles. The average Bonchev–Trinajstić information content (AvgIpc) is 2.95. The summed E-state index contributed by atoms with van der Waals surface area (Å²) >= 11 is 0. The van der Waals surface area contributed by atoms with E-state index in [1.54, 1.807) is 23.1 Å². The van der Waals surface area contributed by atoms with Crippen molar-refractivity contribution in [2.75, 3.05) is 0 Å². The van der Waals surface area contributed by atoms with Crippen molar-refractivity contribution in [2.24, 2.45) is 0 Å². The number of fused-ring (bicyclic) bond motifs is 1. The molecule has 0 saturated heterocycles. The summed E-state index contributed by atoms with van der Waals surface area (Å²) < 4.78 is 1.69. The fraction of sp³-hybridized carbons (Fsp3) is 0.167. The van der Waals surface area contributed by atoms with Crippen LogP contribution in [0.15, 0.2) is 30.7 Å². The molecule has 0 radical (unpaired) electrons. The normalized spacial score (nSPS) is 10.9. The molecule has 7 heteroatoms. The van der Waals surface area contributed by atoms with Crippen molar-refractivity contribution >= 4 is 11.7 Å². The molecule has 0 aliphatic heterocycles. The number of pyridine rings is 1. The van der Waals surface area contributed by atoms with Gasteiger partial charge in [0.05, 0.1) is 18.3 Å². The van der Waals surface area contributed by atoms with Crippen LogP contribution in [-0.4, -0.2) is 35.6 Å². The van der Waals surface area contributed by atoms with Crippen LogP contribution in [0, 0.1) is 0 Å². The monoisotopic (exact) mass is 257 g/mol. The van der Waals surface area contributed by atoms with Crippen LogP contribution >= 0.6 is 0 Å². The van der Waals surface area contributed by atoms with Gasteiger partial charge in [-0.3, -0.25) is 14.9 Å². The minimum Gasteiger partial charge on any atom is -0.481 e. The van der Waals surface area contributed by atoms with Gasteiger partial charge in [-0.2, -0.15) is 4.98 Å². The first-order chi connectivity index (χ1) is 9.22. The molecule has 0 bridgehead atoms. The second-order valence-corrected chi connectivity index (χ2v) is 4.10. The van der Waals surface area contributed by atoms with Gasteiger partial charge in [0.2, 0.25) is 0 Å². The predicted octanol–water partition coefficient (Wildman–Crippen LogP) is 1.14. The Labute approximate surface area is 107 Å². The first-order valence-electron chi connectivity index (χ1n) is 5.78. The molecular weight excluding hydrogens is 246 g/mol. The van der Waals surface area contributed by atoms with Gasteiger partial charge >= 0.3 is 5.97 Å². The van der Waals surface area contributed by atoms with Gasteiger partial charge in [0, 0.05) is 24.4 Å². The Morgan fingerprint density at radius 2 is 2.11 bits per heavy atom. The third-order valence-electron chi connectivity index (χ3n) is 2.72. The number of aliphatic carboxylic acids is 1. The molecule has 0 unspecified atom stereocenters. The SMILES string of the molecule is O=C(O)CCc1cn2[nH]c(-c3ccncc3)nc2n1. The summed E-state index contributed by atoms with van der Waals surface area (Å²) in [6, 6.07) is 3.70. The van der Waals surface area contributed by atoms with E-state index in [9.17, 15) is 4.79 Å². The lowest BCUT2D eigenvalue weighted by Gasteiger charge is -1.93. The molecule has 0 amide bonds. The number of hydrogen-bond donors (Lipinski definition) is 2. The molecule has 96 valence electrons. The Morgan fingerprint density at radius 1 is 1.32 bits per heavy atom. The molecule has 0 atom stereocenters. The highest BCUT2D eigenvalue weighted by Crippen LogP contribution is 2.15. The molecule has 0 aromatic carbocycles. The lowest BCUT2D eigenvalue weighted by atomic mass is 10.2. The summed E-state index contributed by atoms with van der Waals surface area (Å²) in [5.41, 5.74) is 1.63. The predicted molar refractivity (Wildman–Crippen MR) is 66.5 cm³/mol. The summed E-state index contributed by atoms with van der Waals surface area (Å²) in [4.78, 5) is 23.1. The number of aryl methyl sites for hydroxylation is 1. The van der Waals surface area contributed by atoms with Crippen molar-refractivity contribution in [2.45, 2.75) is 12.8 Å². The standard InChI is InChI=1S/C12H11N5O2/c18-10(19)2-1-9-7-17-12(14-9)15-11(16-17)8-3-5-13-6-4-8/h3-7H,1-2H2,(H,18,19)(H,14,15,16). The highest BCUT2D eigenvalue weighted by atomic mass is 16.4. The highest BCUT2D eigenvalue weighted by Gasteiger charge is 2.09. The molecule has 2 N–H and O–H groups in total. The second kappa shape index (κ2) is 4.52. The topological polar surface area (TPSA) is 96.2 Å². The Kier molecular flexibility index (Phi) is 2.71. The molecule has 0 saturated carbocycles. The average molecular weight is 257 g/mol. The minimum atomic E-state index is -0.831. The fourth-order valence-electron chi connectivity index (χ4n) is 1.81. The number of aromatic amines is 1. The number of imidazole rings is 1. The van der Waals surface area contributed by atoms with Gasteiger partial charge in [0.15, 0.2) is 5.82 Å². The van der Waals surface area contributed by atoms with Crippen LogP contribution < -0.4 is 0 Å². The summed E-state index contributed by atoms with van der Waals surface area (Å²) in [6.07, 6.45) is 5.61. The van der Waals surface area contributed by atoms with Crippen LogP contribution in [0.25, 0.3) is 17.2 Å². The zero-order chi connectivity index (χ0) is 13.2. The minimum absolute atomic E-state index is 0.0668. The van der Waals surface area contributed by atoms with Gasteiger partial charge in [0.1, 0.15) is 0 Å². The van der Waals surface area contributed by atoms with E-state index in [1.165, 1.54) is 0 Å². The Morgan fingerprint density at radius 3 is 2.79 bits per heavy atom. The molecule has 3 aromatic heterocycles. The van der Waals surface area contributed by atoms with E-state index in [0.717, 1.165) is 5.56 Å². The van der Waals surface area contributed by atoms with E-state index in [0.29, 0.717) is 23.7 Å². The van der Waals surface area contributed by atoms with Crippen molar-refractivity contribution in [1.29, 1.82) is 0 Å². The van der Waals surface area contributed by atoms with E-state index < -0.39 is 5.97 Å². The Hall–Kier alpha value is -2.70. The largest absolute Gasteiger partial charge is 0.481 e. The second-order valence-electron chi connectivity index (χ2n) is 4.10. The van der Waals surface area contributed by atoms with Crippen molar-refractivity contribution in [1.82, 2.24) is 24.6 Å². The van der Waals surface area contributed by atoms with Crippen LogP contribution in [0.2, 0.25) is 0 Å². The molecular formula is C12H11N5O2. The number of hydrogen-bond acceptors (Lipinski definition) is 4. The molecule has 0 spiro atoms. The molecule has 19 heavy (non-hydrogen) atoms.